The molecule has 0 radical (unpaired) electrons. The number of pyridine rings is 1. The highest BCUT2D eigenvalue weighted by molar-refractivity contribution is 5.95. The molecule has 1 amide bonds. The van der Waals surface area contributed by atoms with Gasteiger partial charge in [-0.3, -0.25) is 9.59 Å². The molecule has 1 aromatic carbocycles. The number of benzene rings is 1. The van der Waals surface area contributed by atoms with Crippen molar-refractivity contribution in [1.82, 2.24) is 14.7 Å². The Morgan fingerprint density at radius 2 is 2.04 bits per heavy atom. The van der Waals surface area contributed by atoms with E-state index in [0.717, 1.165) is 11.3 Å². The lowest BCUT2D eigenvalue weighted by Crippen LogP contribution is -2.43. The third-order valence-electron chi connectivity index (χ3n) is 4.31. The Bertz CT molecular complexity index is 961. The summed E-state index contributed by atoms with van der Waals surface area (Å²) >= 11 is 0. The first-order valence-electron chi connectivity index (χ1n) is 9.02. The summed E-state index contributed by atoms with van der Waals surface area (Å²) in [7, 11) is 0. The predicted molar refractivity (Wildman–Crippen MR) is 104 cm³/mol. The minimum absolute atomic E-state index is 0.00452. The fourth-order valence-corrected chi connectivity index (χ4v) is 2.80. The van der Waals surface area contributed by atoms with E-state index in [0.29, 0.717) is 17.7 Å². The van der Waals surface area contributed by atoms with Crippen LogP contribution in [0.1, 0.15) is 42.7 Å². The summed E-state index contributed by atoms with van der Waals surface area (Å²) in [5.74, 6) is -0.591. The van der Waals surface area contributed by atoms with Crippen LogP contribution in [-0.2, 0) is 11.4 Å². The number of imidazole rings is 1. The van der Waals surface area contributed by atoms with Gasteiger partial charge in [-0.2, -0.15) is 0 Å². The van der Waals surface area contributed by atoms with Crippen LogP contribution in [0.3, 0.4) is 0 Å². The molecule has 3 aromatic rings. The van der Waals surface area contributed by atoms with Gasteiger partial charge in [-0.1, -0.05) is 12.1 Å². The van der Waals surface area contributed by atoms with Gasteiger partial charge in [0.15, 0.2) is 0 Å². The molecule has 0 unspecified atom stereocenters. The van der Waals surface area contributed by atoms with E-state index in [4.69, 9.17) is 9.84 Å². The van der Waals surface area contributed by atoms with Gasteiger partial charge in [-0.25, -0.2) is 4.98 Å². The summed E-state index contributed by atoms with van der Waals surface area (Å²) in [5, 5.41) is 11.7. The molecule has 0 bridgehead atoms. The molecule has 28 heavy (non-hydrogen) atoms. The van der Waals surface area contributed by atoms with E-state index in [1.165, 1.54) is 0 Å². The van der Waals surface area contributed by atoms with E-state index >= 15 is 0 Å². The highest BCUT2D eigenvalue weighted by Gasteiger charge is 2.22. The second-order valence-corrected chi connectivity index (χ2v) is 7.25. The zero-order valence-corrected chi connectivity index (χ0v) is 15.9. The zero-order valence-electron chi connectivity index (χ0n) is 15.9. The van der Waals surface area contributed by atoms with E-state index in [9.17, 15) is 9.59 Å². The molecule has 7 nitrogen and oxygen atoms in total. The number of aliphatic carboxylic acids is 1. The van der Waals surface area contributed by atoms with Gasteiger partial charge in [-0.05, 0) is 50.6 Å². The second-order valence-electron chi connectivity index (χ2n) is 7.25. The number of carboxylic acids is 1. The van der Waals surface area contributed by atoms with Crippen LogP contribution in [-0.4, -0.2) is 31.9 Å². The predicted octanol–water partition coefficient (Wildman–Crippen LogP) is 3.29. The standard InChI is InChI=1S/C21H23N3O4/c1-21(2,10-9-19(25)26)23-20(27)15-6-5-7-17(12-15)28-14-16-13-24-11-4-3-8-18(24)22-16/h3-8,11-13H,9-10,14H2,1-2H3,(H,23,27)(H,25,26). The third kappa shape index (κ3) is 5.09. The molecule has 0 aliphatic heterocycles. The average Bonchev–Trinajstić information content (AvgIpc) is 3.08. The van der Waals surface area contributed by atoms with Crippen molar-refractivity contribution in [3.63, 3.8) is 0 Å². The fourth-order valence-electron chi connectivity index (χ4n) is 2.80. The molecule has 0 aliphatic rings. The fraction of sp³-hybridized carbons (Fsp3) is 0.286. The monoisotopic (exact) mass is 381 g/mol. The van der Waals surface area contributed by atoms with Gasteiger partial charge >= 0.3 is 5.97 Å². The Morgan fingerprint density at radius 1 is 1.21 bits per heavy atom. The lowest BCUT2D eigenvalue weighted by molar-refractivity contribution is -0.137. The molecule has 0 saturated heterocycles. The van der Waals surface area contributed by atoms with Crippen LogP contribution in [0, 0.1) is 0 Å². The molecular formula is C21H23N3O4. The van der Waals surface area contributed by atoms with E-state index in [2.05, 4.69) is 10.3 Å². The summed E-state index contributed by atoms with van der Waals surface area (Å²) < 4.78 is 7.71. The Hall–Kier alpha value is -3.35. The smallest absolute Gasteiger partial charge is 0.303 e. The van der Waals surface area contributed by atoms with Gasteiger partial charge in [0.25, 0.3) is 5.91 Å². The van der Waals surface area contributed by atoms with Crippen molar-refractivity contribution in [2.24, 2.45) is 0 Å². The third-order valence-corrected chi connectivity index (χ3v) is 4.31. The van der Waals surface area contributed by atoms with Crippen molar-refractivity contribution < 1.29 is 19.4 Å². The number of amides is 1. The number of ether oxygens (including phenoxy) is 1. The molecule has 146 valence electrons. The first-order valence-corrected chi connectivity index (χ1v) is 9.02. The molecular weight excluding hydrogens is 358 g/mol. The van der Waals surface area contributed by atoms with E-state index in [1.807, 2.05) is 35.0 Å². The molecule has 3 rings (SSSR count). The zero-order chi connectivity index (χ0) is 20.1. The van der Waals surface area contributed by atoms with Crippen molar-refractivity contribution in [2.75, 3.05) is 0 Å². The number of hydrogen-bond acceptors (Lipinski definition) is 4. The maximum absolute atomic E-state index is 12.5. The number of carboxylic acid groups (broad SMARTS) is 1. The van der Waals surface area contributed by atoms with Crippen LogP contribution in [0.15, 0.2) is 54.9 Å². The molecule has 7 heteroatoms. The highest BCUT2D eigenvalue weighted by atomic mass is 16.5. The van der Waals surface area contributed by atoms with E-state index < -0.39 is 11.5 Å². The van der Waals surface area contributed by atoms with Crippen LogP contribution >= 0.6 is 0 Å². The van der Waals surface area contributed by atoms with Gasteiger partial charge in [0, 0.05) is 29.9 Å². The Kier molecular flexibility index (Phi) is 5.63. The summed E-state index contributed by atoms with van der Waals surface area (Å²) in [6, 6.07) is 12.7. The van der Waals surface area contributed by atoms with Crippen LogP contribution < -0.4 is 10.1 Å². The van der Waals surface area contributed by atoms with Gasteiger partial charge < -0.3 is 19.6 Å². The van der Waals surface area contributed by atoms with Crippen LogP contribution in [0.5, 0.6) is 5.75 Å². The van der Waals surface area contributed by atoms with Crippen LogP contribution in [0.25, 0.3) is 5.65 Å². The largest absolute Gasteiger partial charge is 0.487 e. The molecule has 0 aliphatic carbocycles. The van der Waals surface area contributed by atoms with Crippen molar-refractivity contribution in [2.45, 2.75) is 38.8 Å². The molecule has 0 fully saturated rings. The Morgan fingerprint density at radius 3 is 2.79 bits per heavy atom. The maximum Gasteiger partial charge on any atom is 0.303 e. The second kappa shape index (κ2) is 8.12. The highest BCUT2D eigenvalue weighted by Crippen LogP contribution is 2.18. The maximum atomic E-state index is 12.5. The number of fused-ring (bicyclic) bond motifs is 1. The van der Waals surface area contributed by atoms with Gasteiger partial charge in [0.2, 0.25) is 0 Å². The first-order chi connectivity index (χ1) is 13.3. The number of rotatable bonds is 8. The number of carbonyl (C=O) groups excluding carboxylic acids is 1. The van der Waals surface area contributed by atoms with Crippen molar-refractivity contribution in [1.29, 1.82) is 0 Å². The molecule has 2 heterocycles. The first kappa shape index (κ1) is 19.4. The number of nitrogens with zero attached hydrogens (tertiary/aromatic N) is 2. The van der Waals surface area contributed by atoms with E-state index in [-0.39, 0.29) is 18.9 Å². The molecule has 2 aromatic heterocycles. The summed E-state index contributed by atoms with van der Waals surface area (Å²) in [6.45, 7) is 3.89. The summed E-state index contributed by atoms with van der Waals surface area (Å²) in [5.41, 5.74) is 1.47. The minimum Gasteiger partial charge on any atom is -0.487 e. The lowest BCUT2D eigenvalue weighted by Gasteiger charge is -2.25. The van der Waals surface area contributed by atoms with E-state index in [1.54, 1.807) is 38.1 Å². The van der Waals surface area contributed by atoms with Crippen LogP contribution in [0.4, 0.5) is 0 Å². The minimum atomic E-state index is -0.885. The number of hydrogen-bond donors (Lipinski definition) is 2. The SMILES string of the molecule is CC(C)(CCC(=O)O)NC(=O)c1cccc(OCc2cn3ccccc3n2)c1. The average molecular weight is 381 g/mol. The normalized spacial score (nSPS) is 11.4. The van der Waals surface area contributed by atoms with Crippen molar-refractivity contribution in [3.05, 3.63) is 66.1 Å². The summed E-state index contributed by atoms with van der Waals surface area (Å²) in [6.07, 6.45) is 4.16. The number of nitrogens with one attached hydrogen (secondary N) is 1. The van der Waals surface area contributed by atoms with Gasteiger partial charge in [0.05, 0.1) is 5.69 Å². The van der Waals surface area contributed by atoms with Crippen molar-refractivity contribution in [3.8, 4) is 5.75 Å². The van der Waals surface area contributed by atoms with Crippen molar-refractivity contribution >= 4 is 17.5 Å². The topological polar surface area (TPSA) is 92.9 Å². The number of carbonyl (C=O) groups is 2. The van der Waals surface area contributed by atoms with Crippen LogP contribution in [0.2, 0.25) is 0 Å². The number of aromatic nitrogens is 2. The van der Waals surface area contributed by atoms with Gasteiger partial charge in [0.1, 0.15) is 18.0 Å². The Labute approximate surface area is 163 Å². The molecule has 0 atom stereocenters. The quantitative estimate of drug-likeness (QED) is 0.625. The lowest BCUT2D eigenvalue weighted by atomic mass is 9.97. The molecule has 2 N–H and O–H groups in total. The molecule has 0 saturated carbocycles. The van der Waals surface area contributed by atoms with Gasteiger partial charge in [-0.15, -0.1) is 0 Å². The summed E-state index contributed by atoms with van der Waals surface area (Å²) in [4.78, 5) is 27.8. The Balaban J connectivity index is 1.62. The molecule has 0 spiro atoms.